The molecule has 0 N–H and O–H groups in total. The monoisotopic (exact) mass is 330 g/mol. The van der Waals surface area contributed by atoms with Crippen molar-refractivity contribution in [3.63, 3.8) is 0 Å². The lowest BCUT2D eigenvalue weighted by atomic mass is 10.5. The molecule has 0 aliphatic heterocycles. The first-order valence-corrected chi connectivity index (χ1v) is 8.88. The number of sulfone groups is 2. The van der Waals surface area contributed by atoms with E-state index in [1.54, 1.807) is 0 Å². The van der Waals surface area contributed by atoms with Gasteiger partial charge in [-0.15, -0.1) is 4.79 Å². The van der Waals surface area contributed by atoms with E-state index >= 15 is 0 Å². The van der Waals surface area contributed by atoms with Crippen molar-refractivity contribution >= 4 is 24.1 Å². The first-order chi connectivity index (χ1) is 9.85. The van der Waals surface area contributed by atoms with E-state index in [9.17, 15) is 16.8 Å². The summed E-state index contributed by atoms with van der Waals surface area (Å²) >= 11 is 0. The second kappa shape index (κ2) is 5.68. The van der Waals surface area contributed by atoms with E-state index in [1.165, 1.54) is 36.8 Å². The van der Waals surface area contributed by atoms with Crippen LogP contribution in [0.15, 0.2) is 45.6 Å². The Hall–Kier alpha value is -2.16. The van der Waals surface area contributed by atoms with Crippen molar-refractivity contribution in [2.24, 2.45) is 0 Å². The minimum Gasteiger partial charge on any atom is -0.468 e. The molecule has 0 saturated heterocycles. The summed E-state index contributed by atoms with van der Waals surface area (Å²) in [5.74, 6) is -1.39. The molecule has 10 heteroatoms. The van der Waals surface area contributed by atoms with Crippen LogP contribution in [0, 0.1) is 0 Å². The van der Waals surface area contributed by atoms with Gasteiger partial charge in [0.1, 0.15) is 23.0 Å². The molecule has 8 nitrogen and oxygen atoms in total. The molecule has 0 fully saturated rings. The van der Waals surface area contributed by atoms with E-state index < -0.39 is 35.6 Å². The van der Waals surface area contributed by atoms with Gasteiger partial charge in [-0.25, -0.2) is 16.8 Å². The van der Waals surface area contributed by atoms with Crippen LogP contribution < -0.4 is 0 Å². The summed E-state index contributed by atoms with van der Waals surface area (Å²) in [4.78, 5) is 2.45. The highest BCUT2D eigenvalue weighted by Gasteiger charge is 2.42. The number of rotatable bonds is 4. The minimum atomic E-state index is -4.38. The number of hydrogen-bond donors (Lipinski definition) is 0. The maximum absolute atomic E-state index is 12.0. The summed E-state index contributed by atoms with van der Waals surface area (Å²) in [6.45, 7) is 0. The number of hydrogen-bond acceptors (Lipinski definition) is 6. The van der Waals surface area contributed by atoms with Crippen molar-refractivity contribution in [3.05, 3.63) is 53.8 Å². The van der Waals surface area contributed by atoms with Crippen LogP contribution in [0.4, 0.5) is 0 Å². The number of furan rings is 2. The topological polar surface area (TPSA) is 131 Å². The lowest BCUT2D eigenvalue weighted by Crippen LogP contribution is -2.28. The molecule has 0 aliphatic carbocycles. The van der Waals surface area contributed by atoms with Crippen molar-refractivity contribution in [3.8, 4) is 0 Å². The Kier molecular flexibility index (Phi) is 4.12. The molecular weight excluding hydrogens is 320 g/mol. The largest absolute Gasteiger partial charge is 0.495 e. The maximum Gasteiger partial charge on any atom is 0.495 e. The lowest BCUT2D eigenvalue weighted by Gasteiger charge is -1.99. The summed E-state index contributed by atoms with van der Waals surface area (Å²) in [6.07, 6.45) is 2.50. The molecule has 0 spiro atoms. The maximum atomic E-state index is 12.0. The molecule has 2 rings (SSSR count). The fourth-order valence-electron chi connectivity index (χ4n) is 1.61. The zero-order valence-electron chi connectivity index (χ0n) is 10.5. The van der Waals surface area contributed by atoms with Gasteiger partial charge in [-0.2, -0.15) is 0 Å². The second-order valence-electron chi connectivity index (χ2n) is 4.04. The Bertz CT molecular complexity index is 789. The van der Waals surface area contributed by atoms with Crippen molar-refractivity contribution in [1.29, 1.82) is 0 Å². The summed E-state index contributed by atoms with van der Waals surface area (Å²) in [5.41, 5.74) is 8.82. The normalized spacial score (nSPS) is 12.0. The first kappa shape index (κ1) is 15.2. The van der Waals surface area contributed by atoms with Gasteiger partial charge in [0.05, 0.1) is 12.5 Å². The molecule has 0 atom stereocenters. The molecule has 0 amide bonds. The SMILES string of the molecule is [N-]=[N+]=C(S(=O)(=O)Cc1ccco1)S(=O)(=O)Cc1ccco1. The predicted octanol–water partition coefficient (Wildman–Crippen LogP) is 0.988. The lowest BCUT2D eigenvalue weighted by molar-refractivity contribution is 0.00374. The first-order valence-electron chi connectivity index (χ1n) is 5.57. The quantitative estimate of drug-likeness (QED) is 0.355. The van der Waals surface area contributed by atoms with Crippen LogP contribution >= 0.6 is 0 Å². The zero-order valence-corrected chi connectivity index (χ0v) is 12.2. The van der Waals surface area contributed by atoms with Gasteiger partial charge in [0, 0.05) is 0 Å². The van der Waals surface area contributed by atoms with Crippen LogP contribution in [0.1, 0.15) is 11.5 Å². The van der Waals surface area contributed by atoms with Gasteiger partial charge in [-0.1, -0.05) is 0 Å². The van der Waals surface area contributed by atoms with Crippen LogP contribution in [0.3, 0.4) is 0 Å². The minimum absolute atomic E-state index is 0.0318. The summed E-state index contributed by atoms with van der Waals surface area (Å²) in [5, 5.41) is 0. The summed E-state index contributed by atoms with van der Waals surface area (Å²) in [7, 11) is -8.76. The Morgan fingerprint density at radius 3 is 1.67 bits per heavy atom. The van der Waals surface area contributed by atoms with E-state index in [0.29, 0.717) is 0 Å². The molecular formula is C11H10N2O6S2. The molecule has 0 aliphatic rings. The van der Waals surface area contributed by atoms with Crippen molar-refractivity contribution in [1.82, 2.24) is 0 Å². The second-order valence-corrected chi connectivity index (χ2v) is 8.11. The van der Waals surface area contributed by atoms with E-state index in [0.717, 1.165) is 0 Å². The molecule has 0 radical (unpaired) electrons. The standard InChI is InChI=1S/C11H10N2O6S2/c12-13-11(20(14,15)7-9-3-1-5-18-9)21(16,17)8-10-4-2-6-19-10/h1-6H,7-8H2. The highest BCUT2D eigenvalue weighted by molar-refractivity contribution is 8.30. The Morgan fingerprint density at radius 1 is 0.952 bits per heavy atom. The summed E-state index contributed by atoms with van der Waals surface area (Å²) < 4.78 is 56.6. The molecule has 2 aromatic heterocycles. The van der Waals surface area contributed by atoms with E-state index in [2.05, 4.69) is 4.79 Å². The van der Waals surface area contributed by atoms with E-state index in [1.807, 2.05) is 0 Å². The molecule has 0 unspecified atom stereocenters. The average Bonchev–Trinajstić information content (AvgIpc) is 3.01. The van der Waals surface area contributed by atoms with Crippen LogP contribution in [0.25, 0.3) is 5.53 Å². The predicted molar refractivity (Wildman–Crippen MR) is 71.3 cm³/mol. The molecule has 0 saturated carbocycles. The third kappa shape index (κ3) is 3.48. The van der Waals surface area contributed by atoms with Crippen LogP contribution in [-0.2, 0) is 31.2 Å². The van der Waals surface area contributed by atoms with Crippen molar-refractivity contribution in [2.75, 3.05) is 0 Å². The highest BCUT2D eigenvalue weighted by atomic mass is 32.3. The average molecular weight is 330 g/mol. The van der Waals surface area contributed by atoms with Gasteiger partial charge in [0.2, 0.25) is 0 Å². The zero-order chi connectivity index (χ0) is 15.5. The van der Waals surface area contributed by atoms with Gasteiger partial charge in [0.15, 0.2) is 0 Å². The van der Waals surface area contributed by atoms with Gasteiger partial charge in [-0.05, 0) is 24.3 Å². The summed E-state index contributed by atoms with van der Waals surface area (Å²) in [6, 6.07) is 5.65. The smallest absolute Gasteiger partial charge is 0.468 e. The van der Waals surface area contributed by atoms with E-state index in [-0.39, 0.29) is 11.5 Å². The molecule has 2 aromatic rings. The van der Waals surface area contributed by atoms with E-state index in [4.69, 9.17) is 14.4 Å². The Morgan fingerprint density at radius 2 is 1.38 bits per heavy atom. The van der Waals surface area contributed by atoms with Crippen LogP contribution in [0.5, 0.6) is 0 Å². The Balaban J connectivity index is 2.33. The van der Waals surface area contributed by atoms with Crippen LogP contribution in [0.2, 0.25) is 0 Å². The van der Waals surface area contributed by atoms with Gasteiger partial charge >= 0.3 is 4.38 Å². The molecule has 112 valence electrons. The Labute approximate surface area is 120 Å². The molecule has 0 bridgehead atoms. The fraction of sp³-hybridized carbons (Fsp3) is 0.182. The van der Waals surface area contributed by atoms with Crippen molar-refractivity contribution < 1.29 is 30.5 Å². The third-order valence-electron chi connectivity index (χ3n) is 2.44. The van der Waals surface area contributed by atoms with Crippen molar-refractivity contribution in [2.45, 2.75) is 11.5 Å². The fourth-order valence-corrected chi connectivity index (χ4v) is 5.08. The van der Waals surface area contributed by atoms with Crippen LogP contribution in [-0.4, -0.2) is 26.0 Å². The molecule has 0 aromatic carbocycles. The van der Waals surface area contributed by atoms with Gasteiger partial charge in [-0.3, -0.25) is 0 Å². The van der Waals surface area contributed by atoms with Gasteiger partial charge < -0.3 is 14.4 Å². The third-order valence-corrected chi connectivity index (χ3v) is 6.52. The molecule has 2 heterocycles. The molecule has 21 heavy (non-hydrogen) atoms. The highest BCUT2D eigenvalue weighted by Crippen LogP contribution is 2.15. The van der Waals surface area contributed by atoms with Gasteiger partial charge in [0.25, 0.3) is 19.7 Å². The number of nitrogens with zero attached hydrogens (tertiary/aromatic N) is 2.